The molecule has 21 heavy (non-hydrogen) atoms. The molecule has 2 aromatic heterocycles. The van der Waals surface area contributed by atoms with Gasteiger partial charge >= 0.3 is 0 Å². The number of nitrogen functional groups attached to an aromatic ring is 1. The summed E-state index contributed by atoms with van der Waals surface area (Å²) in [5, 5.41) is 4.25. The first kappa shape index (κ1) is 15.9. The van der Waals surface area contributed by atoms with Crippen LogP contribution in [0.3, 0.4) is 0 Å². The second-order valence-electron chi connectivity index (χ2n) is 4.63. The minimum absolute atomic E-state index is 0.0367. The van der Waals surface area contributed by atoms with E-state index in [4.69, 9.17) is 5.73 Å². The number of anilines is 1. The average molecular weight is 374 g/mol. The summed E-state index contributed by atoms with van der Waals surface area (Å²) in [6, 6.07) is 1.42. The number of hydrogen-bond acceptors (Lipinski definition) is 5. The van der Waals surface area contributed by atoms with Gasteiger partial charge in [-0.1, -0.05) is 0 Å². The fraction of sp³-hybridized carbons (Fsp3) is 0.333. The Morgan fingerprint density at radius 2 is 2.10 bits per heavy atom. The van der Waals surface area contributed by atoms with Crippen LogP contribution in [0, 0.1) is 13.8 Å². The summed E-state index contributed by atoms with van der Waals surface area (Å²) in [4.78, 5) is 3.79. The molecule has 9 heteroatoms. The third kappa shape index (κ3) is 3.25. The molecular weight excluding hydrogens is 358 g/mol. The van der Waals surface area contributed by atoms with Gasteiger partial charge in [-0.2, -0.15) is 5.10 Å². The summed E-state index contributed by atoms with van der Waals surface area (Å²) < 4.78 is 29.5. The van der Waals surface area contributed by atoms with Gasteiger partial charge in [0.1, 0.15) is 10.7 Å². The Bertz CT molecular complexity index is 785. The highest BCUT2D eigenvalue weighted by molar-refractivity contribution is 9.10. The number of pyridine rings is 1. The smallest absolute Gasteiger partial charge is 0.244 e. The van der Waals surface area contributed by atoms with Crippen LogP contribution in [0.25, 0.3) is 0 Å². The second kappa shape index (κ2) is 5.74. The molecule has 3 N–H and O–H groups in total. The number of nitrogens with two attached hydrogens (primary N) is 1. The fourth-order valence-corrected chi connectivity index (χ4v) is 3.55. The van der Waals surface area contributed by atoms with E-state index in [1.165, 1.54) is 12.3 Å². The highest BCUT2D eigenvalue weighted by Crippen LogP contribution is 2.21. The molecule has 0 aliphatic rings. The Morgan fingerprint density at radius 1 is 1.43 bits per heavy atom. The van der Waals surface area contributed by atoms with E-state index in [-0.39, 0.29) is 17.3 Å². The van der Waals surface area contributed by atoms with Crippen LogP contribution < -0.4 is 10.5 Å². The van der Waals surface area contributed by atoms with Crippen LogP contribution in [0.4, 0.5) is 5.82 Å². The third-order valence-corrected chi connectivity index (χ3v) is 5.10. The lowest BCUT2D eigenvalue weighted by molar-refractivity contribution is 0.581. The van der Waals surface area contributed by atoms with Crippen molar-refractivity contribution in [3.8, 4) is 0 Å². The van der Waals surface area contributed by atoms with E-state index in [9.17, 15) is 8.42 Å². The van der Waals surface area contributed by atoms with Crippen molar-refractivity contribution in [3.63, 3.8) is 0 Å². The van der Waals surface area contributed by atoms with Crippen LogP contribution >= 0.6 is 15.9 Å². The van der Waals surface area contributed by atoms with Crippen molar-refractivity contribution in [1.29, 1.82) is 0 Å². The van der Waals surface area contributed by atoms with Gasteiger partial charge in [0.25, 0.3) is 0 Å². The molecule has 114 valence electrons. The van der Waals surface area contributed by atoms with Crippen molar-refractivity contribution in [1.82, 2.24) is 19.5 Å². The largest absolute Gasteiger partial charge is 0.383 e. The molecular formula is C12H16BrN5O2S. The van der Waals surface area contributed by atoms with Crippen LogP contribution in [0.5, 0.6) is 0 Å². The maximum Gasteiger partial charge on any atom is 0.244 e. The number of nitrogens with one attached hydrogen (secondary N) is 1. The predicted octanol–water partition coefficient (Wildman–Crippen LogP) is 1.26. The molecule has 0 fully saturated rings. The topological polar surface area (TPSA) is 103 Å². The normalized spacial score (nSPS) is 11.8. The second-order valence-corrected chi connectivity index (χ2v) is 7.29. The molecule has 0 aliphatic heterocycles. The molecule has 2 aromatic rings. The molecule has 0 aliphatic carbocycles. The van der Waals surface area contributed by atoms with Gasteiger partial charge in [-0.05, 0) is 35.8 Å². The highest BCUT2D eigenvalue weighted by Gasteiger charge is 2.20. The SMILES string of the molecule is Cc1nn(C)c(C)c1CNS(=O)(=O)c1cc(Br)cnc1N. The van der Waals surface area contributed by atoms with Gasteiger partial charge in [-0.15, -0.1) is 0 Å². The van der Waals surface area contributed by atoms with Gasteiger partial charge in [-0.3, -0.25) is 4.68 Å². The quantitative estimate of drug-likeness (QED) is 0.839. The number of sulfonamides is 1. The molecule has 0 spiro atoms. The summed E-state index contributed by atoms with van der Waals surface area (Å²) in [7, 11) is -1.92. The Labute approximate surface area is 131 Å². The number of rotatable bonds is 4. The molecule has 2 heterocycles. The summed E-state index contributed by atoms with van der Waals surface area (Å²) in [5.74, 6) is -0.0367. The molecule has 0 atom stereocenters. The van der Waals surface area contributed by atoms with Crippen molar-refractivity contribution in [2.24, 2.45) is 7.05 Å². The zero-order chi connectivity index (χ0) is 15.8. The van der Waals surface area contributed by atoms with Crippen molar-refractivity contribution < 1.29 is 8.42 Å². The van der Waals surface area contributed by atoms with E-state index >= 15 is 0 Å². The standard InChI is InChI=1S/C12H16BrN5O2S/c1-7-10(8(2)18(3)17-7)6-16-21(19,20)11-4-9(13)5-15-12(11)14/h4-5,16H,6H2,1-3H3,(H2,14,15). The molecule has 0 aromatic carbocycles. The number of halogens is 1. The van der Waals surface area contributed by atoms with Crippen LogP contribution in [-0.4, -0.2) is 23.2 Å². The van der Waals surface area contributed by atoms with Crippen molar-refractivity contribution in [2.45, 2.75) is 25.3 Å². The first-order chi connectivity index (χ1) is 9.72. The minimum atomic E-state index is -3.74. The fourth-order valence-electron chi connectivity index (χ4n) is 1.96. The Morgan fingerprint density at radius 3 is 2.67 bits per heavy atom. The van der Waals surface area contributed by atoms with Crippen LogP contribution in [0.15, 0.2) is 21.6 Å². The molecule has 0 radical (unpaired) electrons. The molecule has 0 amide bonds. The van der Waals surface area contributed by atoms with Crippen LogP contribution in [-0.2, 0) is 23.6 Å². The molecule has 2 rings (SSSR count). The summed E-state index contributed by atoms with van der Waals surface area (Å²) in [5.41, 5.74) is 8.19. The van der Waals surface area contributed by atoms with E-state index < -0.39 is 10.0 Å². The molecule has 0 bridgehead atoms. The summed E-state index contributed by atoms with van der Waals surface area (Å²) >= 11 is 3.19. The number of aromatic nitrogens is 3. The van der Waals surface area contributed by atoms with Gasteiger partial charge in [0, 0.05) is 35.5 Å². The van der Waals surface area contributed by atoms with E-state index in [1.54, 1.807) is 4.68 Å². The Balaban J connectivity index is 2.28. The van der Waals surface area contributed by atoms with E-state index in [0.717, 1.165) is 17.0 Å². The lowest BCUT2D eigenvalue weighted by Gasteiger charge is -2.09. The molecule has 7 nitrogen and oxygen atoms in total. The van der Waals surface area contributed by atoms with Gasteiger partial charge in [0.05, 0.1) is 5.69 Å². The summed E-state index contributed by atoms with van der Waals surface area (Å²) in [6.07, 6.45) is 1.45. The minimum Gasteiger partial charge on any atom is -0.383 e. The number of nitrogens with zero attached hydrogens (tertiary/aromatic N) is 3. The monoisotopic (exact) mass is 373 g/mol. The van der Waals surface area contributed by atoms with Gasteiger partial charge in [-0.25, -0.2) is 18.1 Å². The maximum absolute atomic E-state index is 12.3. The van der Waals surface area contributed by atoms with Crippen molar-refractivity contribution >= 4 is 31.8 Å². The molecule has 0 saturated heterocycles. The van der Waals surface area contributed by atoms with Gasteiger partial charge in [0.2, 0.25) is 10.0 Å². The number of hydrogen-bond donors (Lipinski definition) is 2. The first-order valence-corrected chi connectivity index (χ1v) is 8.39. The van der Waals surface area contributed by atoms with Gasteiger partial charge in [0.15, 0.2) is 0 Å². The van der Waals surface area contributed by atoms with Gasteiger partial charge < -0.3 is 5.73 Å². The van der Waals surface area contributed by atoms with E-state index in [1.807, 2.05) is 20.9 Å². The Hall–Kier alpha value is -1.45. The lowest BCUT2D eigenvalue weighted by Crippen LogP contribution is -2.25. The lowest BCUT2D eigenvalue weighted by atomic mass is 10.2. The predicted molar refractivity (Wildman–Crippen MR) is 83.1 cm³/mol. The van der Waals surface area contributed by atoms with Crippen molar-refractivity contribution in [3.05, 3.63) is 33.7 Å². The highest BCUT2D eigenvalue weighted by atomic mass is 79.9. The molecule has 0 saturated carbocycles. The maximum atomic E-state index is 12.3. The van der Waals surface area contributed by atoms with E-state index in [0.29, 0.717) is 4.47 Å². The first-order valence-electron chi connectivity index (χ1n) is 6.12. The van der Waals surface area contributed by atoms with Crippen LogP contribution in [0.2, 0.25) is 0 Å². The zero-order valence-corrected chi connectivity index (χ0v) is 14.3. The zero-order valence-electron chi connectivity index (χ0n) is 11.9. The molecule has 0 unspecified atom stereocenters. The van der Waals surface area contributed by atoms with Crippen LogP contribution in [0.1, 0.15) is 17.0 Å². The van der Waals surface area contributed by atoms with Crippen molar-refractivity contribution in [2.75, 3.05) is 5.73 Å². The number of aryl methyl sites for hydroxylation is 2. The van der Waals surface area contributed by atoms with E-state index in [2.05, 4.69) is 30.7 Å². The average Bonchev–Trinajstić information content (AvgIpc) is 2.64. The third-order valence-electron chi connectivity index (χ3n) is 3.24. The Kier molecular flexibility index (Phi) is 4.35. The summed E-state index contributed by atoms with van der Waals surface area (Å²) in [6.45, 7) is 3.88.